The molecule has 0 radical (unpaired) electrons. The normalized spacial score (nSPS) is 9.92. The van der Waals surface area contributed by atoms with E-state index in [1.807, 2.05) is 0 Å². The molecule has 0 atom stereocenters. The Bertz CT molecular complexity index is 744. The quantitative estimate of drug-likeness (QED) is 0.809. The van der Waals surface area contributed by atoms with E-state index in [0.29, 0.717) is 17.2 Å². The van der Waals surface area contributed by atoms with E-state index in [2.05, 4.69) is 5.32 Å². The SMILES string of the molecule is COc1cccc(NC(=O)COc2cc(OC)ccc2C(=O)O)c1. The fourth-order valence-corrected chi connectivity index (χ4v) is 1.97. The summed E-state index contributed by atoms with van der Waals surface area (Å²) in [5, 5.41) is 11.8. The van der Waals surface area contributed by atoms with Gasteiger partial charge in [-0.05, 0) is 24.3 Å². The fourth-order valence-electron chi connectivity index (χ4n) is 1.97. The summed E-state index contributed by atoms with van der Waals surface area (Å²) in [6, 6.07) is 11.1. The minimum absolute atomic E-state index is 0.0509. The predicted molar refractivity (Wildman–Crippen MR) is 87.1 cm³/mol. The van der Waals surface area contributed by atoms with Crippen LogP contribution in [0.5, 0.6) is 17.2 Å². The number of aromatic carboxylic acids is 1. The second-order valence-electron chi connectivity index (χ2n) is 4.74. The molecule has 0 aliphatic rings. The third-order valence-corrected chi connectivity index (χ3v) is 3.13. The van der Waals surface area contributed by atoms with E-state index >= 15 is 0 Å². The predicted octanol–water partition coefficient (Wildman–Crippen LogP) is 2.42. The molecule has 0 heterocycles. The van der Waals surface area contributed by atoms with Crippen molar-refractivity contribution in [3.05, 3.63) is 48.0 Å². The van der Waals surface area contributed by atoms with Crippen LogP contribution >= 0.6 is 0 Å². The van der Waals surface area contributed by atoms with Gasteiger partial charge >= 0.3 is 5.97 Å². The number of nitrogens with one attached hydrogen (secondary N) is 1. The average molecular weight is 331 g/mol. The first-order chi connectivity index (χ1) is 11.5. The molecular formula is C17H17NO6. The van der Waals surface area contributed by atoms with Crippen LogP contribution in [0.1, 0.15) is 10.4 Å². The molecule has 2 aromatic carbocycles. The van der Waals surface area contributed by atoms with Gasteiger partial charge in [-0.3, -0.25) is 4.79 Å². The standard InChI is InChI=1S/C17H17NO6/c1-22-12-5-3-4-11(8-12)18-16(19)10-24-15-9-13(23-2)6-7-14(15)17(20)21/h3-9H,10H2,1-2H3,(H,18,19)(H,20,21). The van der Waals surface area contributed by atoms with Gasteiger partial charge in [0.15, 0.2) is 6.61 Å². The number of carboxylic acids is 1. The van der Waals surface area contributed by atoms with Gasteiger partial charge in [0.1, 0.15) is 22.8 Å². The van der Waals surface area contributed by atoms with Gasteiger partial charge in [0, 0.05) is 17.8 Å². The van der Waals surface area contributed by atoms with Crippen LogP contribution in [0, 0.1) is 0 Å². The Labute approximate surface area is 138 Å². The fraction of sp³-hybridized carbons (Fsp3) is 0.176. The van der Waals surface area contributed by atoms with E-state index in [0.717, 1.165) is 0 Å². The van der Waals surface area contributed by atoms with Crippen LogP contribution in [-0.4, -0.2) is 37.8 Å². The summed E-state index contributed by atoms with van der Waals surface area (Å²) < 4.78 is 15.4. The summed E-state index contributed by atoms with van der Waals surface area (Å²) in [5.41, 5.74) is 0.497. The van der Waals surface area contributed by atoms with Crippen molar-refractivity contribution in [1.29, 1.82) is 0 Å². The van der Waals surface area contributed by atoms with Gasteiger partial charge in [0.25, 0.3) is 5.91 Å². The molecule has 2 aromatic rings. The number of hydrogen-bond acceptors (Lipinski definition) is 5. The largest absolute Gasteiger partial charge is 0.497 e. The van der Waals surface area contributed by atoms with Gasteiger partial charge in [-0.1, -0.05) is 6.07 Å². The van der Waals surface area contributed by atoms with Gasteiger partial charge in [-0.15, -0.1) is 0 Å². The second-order valence-corrected chi connectivity index (χ2v) is 4.74. The highest BCUT2D eigenvalue weighted by Crippen LogP contribution is 2.25. The highest BCUT2D eigenvalue weighted by Gasteiger charge is 2.14. The molecule has 0 unspecified atom stereocenters. The van der Waals surface area contributed by atoms with Crippen LogP contribution in [0.3, 0.4) is 0 Å². The number of ether oxygens (including phenoxy) is 3. The minimum atomic E-state index is -1.15. The van der Waals surface area contributed by atoms with E-state index in [4.69, 9.17) is 19.3 Å². The molecular weight excluding hydrogens is 314 g/mol. The maximum Gasteiger partial charge on any atom is 0.339 e. The highest BCUT2D eigenvalue weighted by molar-refractivity contribution is 5.93. The number of amides is 1. The van der Waals surface area contributed by atoms with Gasteiger partial charge in [-0.2, -0.15) is 0 Å². The van der Waals surface area contributed by atoms with Gasteiger partial charge in [-0.25, -0.2) is 4.79 Å². The summed E-state index contributed by atoms with van der Waals surface area (Å²) in [6.07, 6.45) is 0. The first kappa shape index (κ1) is 17.1. The Balaban J connectivity index is 2.04. The molecule has 0 aromatic heterocycles. The second kappa shape index (κ2) is 7.87. The first-order valence-electron chi connectivity index (χ1n) is 7.01. The van der Waals surface area contributed by atoms with E-state index in [1.54, 1.807) is 24.3 Å². The third kappa shape index (κ3) is 4.39. The lowest BCUT2D eigenvalue weighted by atomic mass is 10.2. The molecule has 0 saturated heterocycles. The van der Waals surface area contributed by atoms with Crippen molar-refractivity contribution in [2.75, 3.05) is 26.1 Å². The zero-order chi connectivity index (χ0) is 17.5. The third-order valence-electron chi connectivity index (χ3n) is 3.13. The summed E-state index contributed by atoms with van der Waals surface area (Å²) in [5.74, 6) is -0.483. The van der Waals surface area contributed by atoms with E-state index in [-0.39, 0.29) is 17.9 Å². The summed E-state index contributed by atoms with van der Waals surface area (Å²) in [7, 11) is 2.98. The molecule has 0 aliphatic heterocycles. The van der Waals surface area contributed by atoms with E-state index in [1.165, 1.54) is 32.4 Å². The van der Waals surface area contributed by atoms with Crippen molar-refractivity contribution in [3.63, 3.8) is 0 Å². The number of carbonyl (C=O) groups is 2. The van der Waals surface area contributed by atoms with Crippen LogP contribution in [-0.2, 0) is 4.79 Å². The van der Waals surface area contributed by atoms with Gasteiger partial charge in [0.05, 0.1) is 14.2 Å². The molecule has 7 heteroatoms. The van der Waals surface area contributed by atoms with Crippen molar-refractivity contribution < 1.29 is 28.9 Å². The highest BCUT2D eigenvalue weighted by atomic mass is 16.5. The molecule has 0 bridgehead atoms. The Morgan fingerprint density at radius 1 is 1.04 bits per heavy atom. The Morgan fingerprint density at radius 3 is 2.42 bits per heavy atom. The number of benzene rings is 2. The molecule has 7 nitrogen and oxygen atoms in total. The number of carbonyl (C=O) groups excluding carboxylic acids is 1. The van der Waals surface area contributed by atoms with Gasteiger partial charge in [0.2, 0.25) is 0 Å². The topological polar surface area (TPSA) is 94.1 Å². The molecule has 24 heavy (non-hydrogen) atoms. The average Bonchev–Trinajstić information content (AvgIpc) is 2.59. The molecule has 1 amide bonds. The van der Waals surface area contributed by atoms with Crippen molar-refractivity contribution in [2.24, 2.45) is 0 Å². The summed E-state index contributed by atoms with van der Waals surface area (Å²) >= 11 is 0. The molecule has 0 fully saturated rings. The van der Waals surface area contributed by atoms with Crippen LogP contribution in [0.4, 0.5) is 5.69 Å². The van der Waals surface area contributed by atoms with Crippen LogP contribution in [0.15, 0.2) is 42.5 Å². The zero-order valence-corrected chi connectivity index (χ0v) is 13.2. The number of rotatable bonds is 7. The Kier molecular flexibility index (Phi) is 5.62. The number of carboxylic acid groups (broad SMARTS) is 1. The lowest BCUT2D eigenvalue weighted by Gasteiger charge is -2.11. The monoisotopic (exact) mass is 331 g/mol. The van der Waals surface area contributed by atoms with E-state index in [9.17, 15) is 9.59 Å². The van der Waals surface area contributed by atoms with E-state index < -0.39 is 11.9 Å². The molecule has 2 N–H and O–H groups in total. The lowest BCUT2D eigenvalue weighted by molar-refractivity contribution is -0.118. The zero-order valence-electron chi connectivity index (χ0n) is 13.2. The number of anilines is 1. The van der Waals surface area contributed by atoms with Crippen molar-refractivity contribution >= 4 is 17.6 Å². The molecule has 0 saturated carbocycles. The van der Waals surface area contributed by atoms with Crippen LogP contribution < -0.4 is 19.5 Å². The van der Waals surface area contributed by atoms with Crippen LogP contribution in [0.25, 0.3) is 0 Å². The van der Waals surface area contributed by atoms with Crippen LogP contribution in [0.2, 0.25) is 0 Å². The molecule has 0 spiro atoms. The molecule has 0 aliphatic carbocycles. The van der Waals surface area contributed by atoms with Crippen molar-refractivity contribution in [3.8, 4) is 17.2 Å². The van der Waals surface area contributed by atoms with Gasteiger partial charge < -0.3 is 24.6 Å². The Hall–Kier alpha value is -3.22. The van der Waals surface area contributed by atoms with Crippen molar-refractivity contribution in [1.82, 2.24) is 0 Å². The summed E-state index contributed by atoms with van der Waals surface area (Å²) in [4.78, 5) is 23.2. The lowest BCUT2D eigenvalue weighted by Crippen LogP contribution is -2.20. The smallest absolute Gasteiger partial charge is 0.339 e. The summed E-state index contributed by atoms with van der Waals surface area (Å²) in [6.45, 7) is -0.343. The maximum atomic E-state index is 12.0. The maximum absolute atomic E-state index is 12.0. The molecule has 2 rings (SSSR count). The number of hydrogen-bond donors (Lipinski definition) is 2. The minimum Gasteiger partial charge on any atom is -0.497 e. The Morgan fingerprint density at radius 2 is 1.75 bits per heavy atom. The van der Waals surface area contributed by atoms with Crippen molar-refractivity contribution in [2.45, 2.75) is 0 Å². The molecule has 126 valence electrons. The first-order valence-corrected chi connectivity index (χ1v) is 7.01. The number of methoxy groups -OCH3 is 2.